The van der Waals surface area contributed by atoms with E-state index < -0.39 is 12.0 Å². The molecule has 1 aromatic rings. The number of amides is 2. The van der Waals surface area contributed by atoms with Gasteiger partial charge in [0.1, 0.15) is 0 Å². The van der Waals surface area contributed by atoms with Crippen molar-refractivity contribution in [3.63, 3.8) is 0 Å². The maximum Gasteiger partial charge on any atom is 0.328 e. The van der Waals surface area contributed by atoms with E-state index >= 15 is 0 Å². The standard InChI is InChI=1S/C10H12BrClN4O/c1-5-3-6(11)4-7(12)8(5)16(9(13)14)10(17)15-2/h3-4H,1-2H3,(H3,13,14)(H,15,17). The van der Waals surface area contributed by atoms with Gasteiger partial charge >= 0.3 is 6.03 Å². The minimum absolute atomic E-state index is 0.343. The van der Waals surface area contributed by atoms with E-state index in [4.69, 9.17) is 22.7 Å². The summed E-state index contributed by atoms with van der Waals surface area (Å²) < 4.78 is 0.796. The number of aryl methyl sites for hydroxylation is 1. The number of hydrogen-bond acceptors (Lipinski definition) is 2. The van der Waals surface area contributed by atoms with Crippen molar-refractivity contribution in [2.24, 2.45) is 5.73 Å². The van der Waals surface area contributed by atoms with Gasteiger partial charge in [0.2, 0.25) is 5.96 Å². The van der Waals surface area contributed by atoms with Crippen LogP contribution in [0, 0.1) is 12.3 Å². The Kier molecular flexibility index (Phi) is 4.36. The monoisotopic (exact) mass is 318 g/mol. The quantitative estimate of drug-likeness (QED) is 0.549. The molecule has 0 saturated carbocycles. The lowest BCUT2D eigenvalue weighted by Gasteiger charge is -2.23. The maximum atomic E-state index is 11.7. The number of urea groups is 1. The van der Waals surface area contributed by atoms with E-state index in [0.29, 0.717) is 10.7 Å². The van der Waals surface area contributed by atoms with Crippen LogP contribution < -0.4 is 16.0 Å². The van der Waals surface area contributed by atoms with Gasteiger partial charge < -0.3 is 11.1 Å². The van der Waals surface area contributed by atoms with Gasteiger partial charge in [0, 0.05) is 11.5 Å². The molecule has 5 nitrogen and oxygen atoms in total. The van der Waals surface area contributed by atoms with Crippen molar-refractivity contribution in [2.45, 2.75) is 6.92 Å². The lowest BCUT2D eigenvalue weighted by Crippen LogP contribution is -2.46. The number of nitrogens with one attached hydrogen (secondary N) is 2. The zero-order chi connectivity index (χ0) is 13.2. The van der Waals surface area contributed by atoms with Crippen molar-refractivity contribution in [3.05, 3.63) is 27.2 Å². The second-order valence-electron chi connectivity index (χ2n) is 3.33. The van der Waals surface area contributed by atoms with E-state index in [-0.39, 0.29) is 0 Å². The summed E-state index contributed by atoms with van der Waals surface area (Å²) in [6, 6.07) is 2.92. The van der Waals surface area contributed by atoms with Crippen molar-refractivity contribution in [1.29, 1.82) is 5.41 Å². The highest BCUT2D eigenvalue weighted by Crippen LogP contribution is 2.32. The van der Waals surface area contributed by atoms with Crippen LogP contribution in [-0.2, 0) is 0 Å². The van der Waals surface area contributed by atoms with Crippen molar-refractivity contribution >= 4 is 45.2 Å². The number of anilines is 1. The number of guanidine groups is 1. The molecule has 0 bridgehead atoms. The molecule has 7 heteroatoms. The second-order valence-corrected chi connectivity index (χ2v) is 4.65. The molecule has 0 aliphatic rings. The first-order valence-corrected chi connectivity index (χ1v) is 5.87. The average Bonchev–Trinajstić information content (AvgIpc) is 2.21. The fourth-order valence-corrected chi connectivity index (χ4v) is 2.48. The molecule has 0 atom stereocenters. The highest BCUT2D eigenvalue weighted by Gasteiger charge is 2.22. The molecular weight excluding hydrogens is 307 g/mol. The summed E-state index contributed by atoms with van der Waals surface area (Å²) >= 11 is 9.37. The summed E-state index contributed by atoms with van der Waals surface area (Å²) in [6.07, 6.45) is 0. The van der Waals surface area contributed by atoms with Crippen molar-refractivity contribution in [3.8, 4) is 0 Å². The molecule has 4 N–H and O–H groups in total. The first-order chi connectivity index (χ1) is 7.88. The van der Waals surface area contributed by atoms with E-state index in [1.165, 1.54) is 7.05 Å². The largest absolute Gasteiger partial charge is 0.369 e. The average molecular weight is 320 g/mol. The van der Waals surface area contributed by atoms with Crippen LogP contribution in [0.15, 0.2) is 16.6 Å². The lowest BCUT2D eigenvalue weighted by atomic mass is 10.2. The molecule has 0 spiro atoms. The Bertz CT molecular complexity index is 454. The predicted octanol–water partition coefficient (Wildman–Crippen LogP) is 2.45. The predicted molar refractivity (Wildman–Crippen MR) is 72.7 cm³/mol. The van der Waals surface area contributed by atoms with Gasteiger partial charge in [-0.2, -0.15) is 0 Å². The first-order valence-electron chi connectivity index (χ1n) is 4.70. The van der Waals surface area contributed by atoms with Gasteiger partial charge in [0.25, 0.3) is 0 Å². The minimum Gasteiger partial charge on any atom is -0.369 e. The molecule has 2 amide bonds. The summed E-state index contributed by atoms with van der Waals surface area (Å²) in [5.74, 6) is -0.392. The van der Waals surface area contributed by atoms with Crippen LogP contribution in [0.1, 0.15) is 5.56 Å². The molecule has 92 valence electrons. The minimum atomic E-state index is -0.509. The van der Waals surface area contributed by atoms with Crippen LogP contribution in [0.2, 0.25) is 5.02 Å². The van der Waals surface area contributed by atoms with Gasteiger partial charge in [-0.15, -0.1) is 0 Å². The molecule has 1 aromatic carbocycles. The second kappa shape index (κ2) is 5.37. The number of nitrogens with zero attached hydrogens (tertiary/aromatic N) is 1. The van der Waals surface area contributed by atoms with Crippen LogP contribution >= 0.6 is 27.5 Å². The number of nitrogens with two attached hydrogens (primary N) is 1. The Balaban J connectivity index is 3.38. The fourth-order valence-electron chi connectivity index (χ4n) is 1.42. The normalized spacial score (nSPS) is 9.88. The highest BCUT2D eigenvalue weighted by atomic mass is 79.9. The molecule has 0 aliphatic heterocycles. The smallest absolute Gasteiger partial charge is 0.328 e. The van der Waals surface area contributed by atoms with E-state index in [9.17, 15) is 4.79 Å². The summed E-state index contributed by atoms with van der Waals surface area (Å²) in [7, 11) is 1.46. The van der Waals surface area contributed by atoms with Gasteiger partial charge in [-0.05, 0) is 24.6 Å². The molecule has 0 aliphatic carbocycles. The van der Waals surface area contributed by atoms with Crippen LogP contribution in [0.25, 0.3) is 0 Å². The van der Waals surface area contributed by atoms with E-state index in [1.807, 2.05) is 0 Å². The Labute approximate surface area is 113 Å². The number of benzene rings is 1. The third-order valence-corrected chi connectivity index (χ3v) is 2.85. The van der Waals surface area contributed by atoms with Crippen LogP contribution in [0.5, 0.6) is 0 Å². The molecular formula is C10H12BrClN4O. The number of rotatable bonds is 1. The van der Waals surface area contributed by atoms with Crippen molar-refractivity contribution in [2.75, 3.05) is 11.9 Å². The summed E-state index contributed by atoms with van der Waals surface area (Å²) in [5, 5.41) is 10.2. The van der Waals surface area contributed by atoms with Crippen LogP contribution in [0.4, 0.5) is 10.5 Å². The molecule has 1 rings (SSSR count). The van der Waals surface area contributed by atoms with E-state index in [2.05, 4.69) is 21.2 Å². The molecule has 0 aromatic heterocycles. The highest BCUT2D eigenvalue weighted by molar-refractivity contribution is 9.10. The van der Waals surface area contributed by atoms with Gasteiger partial charge in [0.05, 0.1) is 10.7 Å². The lowest BCUT2D eigenvalue weighted by molar-refractivity contribution is 0.251. The Morgan fingerprint density at radius 3 is 2.59 bits per heavy atom. The van der Waals surface area contributed by atoms with Crippen LogP contribution in [-0.4, -0.2) is 19.0 Å². The molecule has 0 fully saturated rings. The first kappa shape index (κ1) is 13.8. The topological polar surface area (TPSA) is 82.2 Å². The SMILES string of the molecule is CNC(=O)N(C(=N)N)c1c(C)cc(Br)cc1Cl. The van der Waals surface area contributed by atoms with E-state index in [0.717, 1.165) is 14.9 Å². The Morgan fingerprint density at radius 2 is 2.18 bits per heavy atom. The van der Waals surface area contributed by atoms with Gasteiger partial charge in [0.15, 0.2) is 0 Å². The van der Waals surface area contributed by atoms with Crippen molar-refractivity contribution in [1.82, 2.24) is 5.32 Å². The fraction of sp³-hybridized carbons (Fsp3) is 0.200. The van der Waals surface area contributed by atoms with Crippen molar-refractivity contribution < 1.29 is 4.79 Å². The third-order valence-electron chi connectivity index (χ3n) is 2.10. The third kappa shape index (κ3) is 2.89. The zero-order valence-electron chi connectivity index (χ0n) is 9.34. The summed E-state index contributed by atoms with van der Waals surface area (Å²) in [6.45, 7) is 1.78. The number of halogens is 2. The van der Waals surface area contributed by atoms with Crippen LogP contribution in [0.3, 0.4) is 0 Å². The number of carbonyl (C=O) groups is 1. The molecule has 0 saturated heterocycles. The van der Waals surface area contributed by atoms with Gasteiger partial charge in [-0.3, -0.25) is 5.41 Å². The molecule has 17 heavy (non-hydrogen) atoms. The molecule has 0 heterocycles. The Hall–Kier alpha value is -1.27. The van der Waals surface area contributed by atoms with Gasteiger partial charge in [-0.25, -0.2) is 9.69 Å². The molecule has 0 unspecified atom stereocenters. The zero-order valence-corrected chi connectivity index (χ0v) is 11.7. The molecule has 0 radical (unpaired) electrons. The number of carbonyl (C=O) groups excluding carboxylic acids is 1. The Morgan fingerprint density at radius 1 is 1.59 bits per heavy atom. The number of hydrogen-bond donors (Lipinski definition) is 3. The summed E-state index contributed by atoms with van der Waals surface area (Å²) in [4.78, 5) is 12.7. The van der Waals surface area contributed by atoms with E-state index in [1.54, 1.807) is 19.1 Å². The maximum absolute atomic E-state index is 11.7. The van der Waals surface area contributed by atoms with Gasteiger partial charge in [-0.1, -0.05) is 27.5 Å². The summed E-state index contributed by atoms with van der Waals surface area (Å²) in [5.41, 5.74) is 6.54.